The summed E-state index contributed by atoms with van der Waals surface area (Å²) in [4.78, 5) is 4.66. The van der Waals surface area contributed by atoms with Crippen molar-refractivity contribution >= 4 is 66.4 Å². The highest BCUT2D eigenvalue weighted by molar-refractivity contribution is 6.28. The van der Waals surface area contributed by atoms with Gasteiger partial charge in [-0.25, -0.2) is 0 Å². The Morgan fingerprint density at radius 3 is 1.07 bits per heavy atom. The minimum atomic E-state index is 0.614. The average Bonchev–Trinajstić information content (AvgIpc) is 3.30. The largest absolute Gasteiger partial charge is 0.309 e. The Hall–Kier alpha value is -8.18. The van der Waals surface area contributed by atoms with Crippen molar-refractivity contribution in [2.45, 2.75) is 0 Å². The zero-order valence-corrected chi connectivity index (χ0v) is 31.4. The number of hydrogen-bond acceptors (Lipinski definition) is 4. The molecular weight excluding hydrogens is 705 g/mol. The maximum Gasteiger partial charge on any atom is 0.0991 e. The van der Waals surface area contributed by atoms with Gasteiger partial charge in [-0.1, -0.05) is 133 Å². The normalized spacial score (nSPS) is 11.1. The molecule has 270 valence electrons. The molecule has 0 atom stereocenters. The second-order valence-electron chi connectivity index (χ2n) is 14.3. The summed E-state index contributed by atoms with van der Waals surface area (Å²) in [6, 6.07) is 76.2. The number of para-hydroxylation sites is 2. The van der Waals surface area contributed by atoms with E-state index in [1.807, 2.05) is 60.7 Å². The Bertz CT molecular complexity index is 2960. The second kappa shape index (κ2) is 14.5. The minimum absolute atomic E-state index is 0.614. The van der Waals surface area contributed by atoms with Gasteiger partial charge in [0.1, 0.15) is 0 Å². The van der Waals surface area contributed by atoms with E-state index >= 15 is 0 Å². The maximum absolute atomic E-state index is 9.72. The summed E-state index contributed by atoms with van der Waals surface area (Å²) in [7, 11) is 0. The van der Waals surface area contributed by atoms with Crippen LogP contribution >= 0.6 is 0 Å². The predicted molar refractivity (Wildman–Crippen MR) is 240 cm³/mol. The quantitative estimate of drug-likeness (QED) is 0.146. The van der Waals surface area contributed by atoms with Gasteiger partial charge >= 0.3 is 0 Å². The van der Waals surface area contributed by atoms with E-state index in [1.54, 1.807) is 0 Å². The van der Waals surface area contributed by atoms with Crippen LogP contribution in [0, 0.1) is 22.7 Å². The molecule has 0 aliphatic rings. The van der Waals surface area contributed by atoms with Crippen LogP contribution < -0.4 is 9.80 Å². The molecule has 10 rings (SSSR count). The summed E-state index contributed by atoms with van der Waals surface area (Å²) in [5.41, 5.74) is 11.8. The molecule has 58 heavy (non-hydrogen) atoms. The fraction of sp³-hybridized carbons (Fsp3) is 0. The van der Waals surface area contributed by atoms with Crippen molar-refractivity contribution in [1.29, 1.82) is 10.5 Å². The summed E-state index contributed by atoms with van der Waals surface area (Å²) in [6.45, 7) is 0. The summed E-state index contributed by atoms with van der Waals surface area (Å²) in [6.07, 6.45) is 0. The molecule has 0 N–H and O–H groups in total. The Morgan fingerprint density at radius 2 is 0.672 bits per heavy atom. The molecule has 0 saturated heterocycles. The summed E-state index contributed by atoms with van der Waals surface area (Å²) >= 11 is 0. The zero-order chi connectivity index (χ0) is 39.0. The number of nitriles is 2. The van der Waals surface area contributed by atoms with E-state index in [4.69, 9.17) is 0 Å². The molecule has 0 amide bonds. The first-order chi connectivity index (χ1) is 28.7. The van der Waals surface area contributed by atoms with Crippen LogP contribution in [0.3, 0.4) is 0 Å². The van der Waals surface area contributed by atoms with Crippen molar-refractivity contribution in [3.05, 3.63) is 217 Å². The highest BCUT2D eigenvalue weighted by atomic mass is 15.2. The Morgan fingerprint density at radius 1 is 0.310 bits per heavy atom. The lowest BCUT2D eigenvalue weighted by Crippen LogP contribution is -2.12. The van der Waals surface area contributed by atoms with Crippen LogP contribution in [0.2, 0.25) is 0 Å². The van der Waals surface area contributed by atoms with Gasteiger partial charge in [-0.2, -0.15) is 10.5 Å². The van der Waals surface area contributed by atoms with E-state index in [2.05, 4.69) is 168 Å². The Labute approximate surface area is 337 Å². The van der Waals surface area contributed by atoms with Gasteiger partial charge in [0.15, 0.2) is 0 Å². The Balaban J connectivity index is 1.24. The maximum atomic E-state index is 9.72. The molecule has 0 radical (unpaired) electrons. The van der Waals surface area contributed by atoms with Gasteiger partial charge in [0.25, 0.3) is 0 Å². The van der Waals surface area contributed by atoms with Gasteiger partial charge in [0.2, 0.25) is 0 Å². The van der Waals surface area contributed by atoms with Crippen LogP contribution in [0.15, 0.2) is 206 Å². The molecule has 0 heterocycles. The first-order valence-corrected chi connectivity index (χ1v) is 19.3. The van der Waals surface area contributed by atoms with Crippen LogP contribution in [-0.4, -0.2) is 0 Å². The second-order valence-corrected chi connectivity index (χ2v) is 14.3. The number of hydrogen-bond donors (Lipinski definition) is 0. The third-order valence-corrected chi connectivity index (χ3v) is 11.1. The van der Waals surface area contributed by atoms with Gasteiger partial charge in [0, 0.05) is 33.3 Å². The van der Waals surface area contributed by atoms with E-state index in [0.29, 0.717) is 11.1 Å². The lowest BCUT2D eigenvalue weighted by atomic mass is 9.91. The van der Waals surface area contributed by atoms with Crippen LogP contribution in [0.4, 0.5) is 34.1 Å². The number of anilines is 6. The minimum Gasteiger partial charge on any atom is -0.309 e. The molecule has 0 spiro atoms. The molecule has 0 aliphatic heterocycles. The average molecular weight is 739 g/mol. The van der Waals surface area contributed by atoms with Crippen LogP contribution in [0.25, 0.3) is 54.6 Å². The van der Waals surface area contributed by atoms with Crippen LogP contribution in [0.5, 0.6) is 0 Å². The third kappa shape index (κ3) is 5.85. The van der Waals surface area contributed by atoms with Crippen molar-refractivity contribution in [3.63, 3.8) is 0 Å². The first kappa shape index (κ1) is 34.3. The fourth-order valence-electron chi connectivity index (χ4n) is 8.41. The number of rotatable bonds is 8. The van der Waals surface area contributed by atoms with Gasteiger partial charge in [-0.15, -0.1) is 0 Å². The molecular formula is C54H34N4. The molecule has 0 aliphatic carbocycles. The highest BCUT2D eigenvalue weighted by Crippen LogP contribution is 2.49. The number of nitrogens with zero attached hydrogens (tertiary/aromatic N) is 4. The lowest BCUT2D eigenvalue weighted by molar-refractivity contribution is 1.29. The summed E-state index contributed by atoms with van der Waals surface area (Å²) in [5, 5.41) is 26.3. The van der Waals surface area contributed by atoms with Crippen LogP contribution in [-0.2, 0) is 0 Å². The lowest BCUT2D eigenvalue weighted by Gasteiger charge is -2.31. The van der Waals surface area contributed by atoms with Gasteiger partial charge in [-0.05, 0) is 105 Å². The third-order valence-electron chi connectivity index (χ3n) is 11.1. The topological polar surface area (TPSA) is 54.1 Å². The molecule has 0 bridgehead atoms. The molecule has 0 aromatic heterocycles. The van der Waals surface area contributed by atoms with Crippen molar-refractivity contribution in [2.75, 3.05) is 9.80 Å². The monoisotopic (exact) mass is 738 g/mol. The molecule has 4 nitrogen and oxygen atoms in total. The number of benzene rings is 10. The van der Waals surface area contributed by atoms with Gasteiger partial charge in [0.05, 0.1) is 46.0 Å². The molecule has 10 aromatic carbocycles. The SMILES string of the molecule is N#Cc1ccc(N(c2ccccc2-c2ccccc2)c2ccc3ccc4c(N(c5ccc(C#N)cc5)c5ccccc5-c5ccccc5)ccc5ccc2c3c54)cc1. The van der Waals surface area contributed by atoms with E-state index in [1.165, 1.54) is 10.8 Å². The van der Waals surface area contributed by atoms with Crippen molar-refractivity contribution in [3.8, 4) is 34.4 Å². The van der Waals surface area contributed by atoms with Crippen LogP contribution in [0.1, 0.15) is 11.1 Å². The van der Waals surface area contributed by atoms with E-state index in [9.17, 15) is 10.5 Å². The van der Waals surface area contributed by atoms with E-state index in [0.717, 1.165) is 77.9 Å². The predicted octanol–water partition coefficient (Wildman–Crippen LogP) is 14.6. The molecule has 4 heteroatoms. The molecule has 0 saturated carbocycles. The Kier molecular flexibility index (Phi) is 8.57. The fourth-order valence-corrected chi connectivity index (χ4v) is 8.41. The van der Waals surface area contributed by atoms with Crippen molar-refractivity contribution < 1.29 is 0 Å². The first-order valence-electron chi connectivity index (χ1n) is 19.3. The standard InChI is InChI=1S/C54H34N4/c55-35-37-19-27-43(28-20-37)57(49-17-9-7-15-45(49)39-11-3-1-4-12-39)51-33-25-41-24-32-48-52(34-26-42-23-31-47(51)53(41)54(42)48)58(44-29-21-38(36-56)22-30-44)50-18-10-8-16-46(50)40-13-5-2-6-14-40/h1-34H. The zero-order valence-electron chi connectivity index (χ0n) is 31.4. The van der Waals surface area contributed by atoms with E-state index < -0.39 is 0 Å². The van der Waals surface area contributed by atoms with Gasteiger partial charge in [-0.3, -0.25) is 0 Å². The smallest absolute Gasteiger partial charge is 0.0991 e. The summed E-state index contributed by atoms with van der Waals surface area (Å²) in [5.74, 6) is 0. The van der Waals surface area contributed by atoms with E-state index in [-0.39, 0.29) is 0 Å². The molecule has 10 aromatic rings. The van der Waals surface area contributed by atoms with Gasteiger partial charge < -0.3 is 9.80 Å². The molecule has 0 fully saturated rings. The highest BCUT2D eigenvalue weighted by Gasteiger charge is 2.24. The van der Waals surface area contributed by atoms with Crippen molar-refractivity contribution in [2.24, 2.45) is 0 Å². The summed E-state index contributed by atoms with van der Waals surface area (Å²) < 4.78 is 0. The van der Waals surface area contributed by atoms with Crippen molar-refractivity contribution in [1.82, 2.24) is 0 Å². The molecule has 0 unspecified atom stereocenters.